The molecule has 0 radical (unpaired) electrons. The van der Waals surface area contributed by atoms with E-state index in [0.29, 0.717) is 23.7 Å². The standard InChI is InChI=1S/C20H21N3O5/c21-19(25)17-13-27-11-10-23(17)18(24)12-22-20(26)14-6-8-16(9-7-14)28-15-4-2-1-3-5-15/h1-9,17H,10-13H2,(H2,21,25)(H,22,26). The van der Waals surface area contributed by atoms with Crippen molar-refractivity contribution in [1.29, 1.82) is 0 Å². The lowest BCUT2D eigenvalue weighted by Gasteiger charge is -2.33. The molecule has 1 saturated heterocycles. The fourth-order valence-electron chi connectivity index (χ4n) is 2.80. The van der Waals surface area contributed by atoms with Crippen molar-refractivity contribution in [2.24, 2.45) is 5.73 Å². The number of amides is 3. The van der Waals surface area contributed by atoms with Gasteiger partial charge in [-0.1, -0.05) is 18.2 Å². The Morgan fingerprint density at radius 2 is 1.75 bits per heavy atom. The quantitative estimate of drug-likeness (QED) is 0.771. The summed E-state index contributed by atoms with van der Waals surface area (Å²) in [5.74, 6) is -0.127. The Labute approximate surface area is 162 Å². The second kappa shape index (κ2) is 9.01. The zero-order chi connectivity index (χ0) is 19.9. The van der Waals surface area contributed by atoms with E-state index in [9.17, 15) is 14.4 Å². The summed E-state index contributed by atoms with van der Waals surface area (Å²) >= 11 is 0. The van der Waals surface area contributed by atoms with Crippen LogP contribution in [0.15, 0.2) is 54.6 Å². The van der Waals surface area contributed by atoms with Crippen LogP contribution in [-0.4, -0.2) is 55.0 Å². The number of para-hydroxylation sites is 1. The topological polar surface area (TPSA) is 111 Å². The number of carbonyl (C=O) groups excluding carboxylic acids is 3. The van der Waals surface area contributed by atoms with Gasteiger partial charge < -0.3 is 25.4 Å². The van der Waals surface area contributed by atoms with Crippen molar-refractivity contribution < 1.29 is 23.9 Å². The molecule has 1 fully saturated rings. The summed E-state index contributed by atoms with van der Waals surface area (Å²) in [5, 5.41) is 2.56. The van der Waals surface area contributed by atoms with Crippen LogP contribution >= 0.6 is 0 Å². The Hall–Kier alpha value is -3.39. The van der Waals surface area contributed by atoms with E-state index in [1.54, 1.807) is 24.3 Å². The van der Waals surface area contributed by atoms with Crippen LogP contribution in [0.4, 0.5) is 0 Å². The molecule has 1 aliphatic rings. The molecule has 0 saturated carbocycles. The minimum atomic E-state index is -0.812. The number of nitrogens with two attached hydrogens (primary N) is 1. The first-order valence-corrected chi connectivity index (χ1v) is 8.82. The summed E-state index contributed by atoms with van der Waals surface area (Å²) in [5.41, 5.74) is 5.69. The van der Waals surface area contributed by atoms with E-state index >= 15 is 0 Å². The van der Waals surface area contributed by atoms with Crippen molar-refractivity contribution in [3.8, 4) is 11.5 Å². The number of nitrogens with one attached hydrogen (secondary N) is 1. The molecule has 0 bridgehead atoms. The molecule has 1 heterocycles. The van der Waals surface area contributed by atoms with Gasteiger partial charge >= 0.3 is 0 Å². The van der Waals surface area contributed by atoms with Crippen molar-refractivity contribution in [2.75, 3.05) is 26.3 Å². The third-order valence-corrected chi connectivity index (χ3v) is 4.27. The zero-order valence-corrected chi connectivity index (χ0v) is 15.2. The molecular weight excluding hydrogens is 362 g/mol. The molecule has 8 heteroatoms. The summed E-state index contributed by atoms with van der Waals surface area (Å²) in [6, 6.07) is 15.0. The predicted molar refractivity (Wildman–Crippen MR) is 101 cm³/mol. The first kappa shape index (κ1) is 19.4. The molecule has 3 rings (SSSR count). The number of nitrogens with zero attached hydrogens (tertiary/aromatic N) is 1. The molecule has 8 nitrogen and oxygen atoms in total. The van der Waals surface area contributed by atoms with Gasteiger partial charge in [-0.3, -0.25) is 14.4 Å². The van der Waals surface area contributed by atoms with Crippen LogP contribution in [0.1, 0.15) is 10.4 Å². The molecule has 0 aromatic heterocycles. The van der Waals surface area contributed by atoms with Crippen LogP contribution in [0.2, 0.25) is 0 Å². The van der Waals surface area contributed by atoms with Gasteiger partial charge in [0.25, 0.3) is 5.91 Å². The molecule has 3 N–H and O–H groups in total. The van der Waals surface area contributed by atoms with E-state index in [4.69, 9.17) is 15.2 Å². The number of carbonyl (C=O) groups is 3. The van der Waals surface area contributed by atoms with Gasteiger partial charge in [0, 0.05) is 12.1 Å². The second-order valence-corrected chi connectivity index (χ2v) is 6.20. The molecule has 0 spiro atoms. The molecule has 1 aliphatic heterocycles. The maximum absolute atomic E-state index is 12.3. The number of hydrogen-bond donors (Lipinski definition) is 2. The number of rotatable bonds is 6. The fraction of sp³-hybridized carbons (Fsp3) is 0.250. The van der Waals surface area contributed by atoms with E-state index in [2.05, 4.69) is 5.32 Å². The number of benzene rings is 2. The van der Waals surface area contributed by atoms with Gasteiger partial charge in [0.2, 0.25) is 11.8 Å². The maximum Gasteiger partial charge on any atom is 0.251 e. The molecule has 1 atom stereocenters. The summed E-state index contributed by atoms with van der Waals surface area (Å²) in [6.45, 7) is 0.420. The Morgan fingerprint density at radius 3 is 2.43 bits per heavy atom. The molecule has 28 heavy (non-hydrogen) atoms. The molecule has 3 amide bonds. The summed E-state index contributed by atoms with van der Waals surface area (Å²) in [4.78, 5) is 37.4. The van der Waals surface area contributed by atoms with Gasteiger partial charge in [-0.05, 0) is 36.4 Å². The van der Waals surface area contributed by atoms with Crippen molar-refractivity contribution in [2.45, 2.75) is 6.04 Å². The molecule has 0 aliphatic carbocycles. The van der Waals surface area contributed by atoms with E-state index in [1.807, 2.05) is 30.3 Å². The number of primary amides is 1. The normalized spacial score (nSPS) is 16.3. The minimum absolute atomic E-state index is 0.0674. The average Bonchev–Trinajstić information content (AvgIpc) is 2.73. The molecule has 2 aromatic carbocycles. The van der Waals surface area contributed by atoms with Gasteiger partial charge in [-0.2, -0.15) is 0 Å². The van der Waals surface area contributed by atoms with E-state index < -0.39 is 17.9 Å². The SMILES string of the molecule is NC(=O)C1COCCN1C(=O)CNC(=O)c1ccc(Oc2ccccc2)cc1. The van der Waals surface area contributed by atoms with Crippen molar-refractivity contribution in [3.63, 3.8) is 0 Å². The van der Waals surface area contributed by atoms with Crippen LogP contribution in [0, 0.1) is 0 Å². The molecule has 2 aromatic rings. The maximum atomic E-state index is 12.3. The van der Waals surface area contributed by atoms with Gasteiger partial charge in [0.1, 0.15) is 17.5 Å². The number of hydrogen-bond acceptors (Lipinski definition) is 5. The van der Waals surface area contributed by atoms with Crippen LogP contribution < -0.4 is 15.8 Å². The fourth-order valence-corrected chi connectivity index (χ4v) is 2.80. The predicted octanol–water partition coefficient (Wildman–Crippen LogP) is 0.921. The smallest absolute Gasteiger partial charge is 0.251 e. The first-order chi connectivity index (χ1) is 13.5. The number of ether oxygens (including phenoxy) is 2. The summed E-state index contributed by atoms with van der Waals surface area (Å²) in [6.07, 6.45) is 0. The minimum Gasteiger partial charge on any atom is -0.457 e. The zero-order valence-electron chi connectivity index (χ0n) is 15.2. The van der Waals surface area contributed by atoms with E-state index in [-0.39, 0.29) is 25.6 Å². The Bertz CT molecular complexity index is 839. The van der Waals surface area contributed by atoms with Crippen LogP contribution in [0.5, 0.6) is 11.5 Å². The Morgan fingerprint density at radius 1 is 1.07 bits per heavy atom. The van der Waals surface area contributed by atoms with E-state index in [0.717, 1.165) is 0 Å². The molecule has 146 valence electrons. The lowest BCUT2D eigenvalue weighted by Crippen LogP contribution is -2.56. The summed E-state index contributed by atoms with van der Waals surface area (Å²) in [7, 11) is 0. The second-order valence-electron chi connectivity index (χ2n) is 6.20. The highest BCUT2D eigenvalue weighted by atomic mass is 16.5. The summed E-state index contributed by atoms with van der Waals surface area (Å²) < 4.78 is 10.9. The van der Waals surface area contributed by atoms with Crippen LogP contribution in [0.3, 0.4) is 0 Å². The average molecular weight is 383 g/mol. The highest BCUT2D eigenvalue weighted by Crippen LogP contribution is 2.21. The monoisotopic (exact) mass is 383 g/mol. The molecular formula is C20H21N3O5. The van der Waals surface area contributed by atoms with Crippen molar-refractivity contribution >= 4 is 17.7 Å². The lowest BCUT2D eigenvalue weighted by molar-refractivity contribution is -0.146. The highest BCUT2D eigenvalue weighted by Gasteiger charge is 2.31. The van der Waals surface area contributed by atoms with Crippen LogP contribution in [-0.2, 0) is 14.3 Å². The first-order valence-electron chi connectivity index (χ1n) is 8.82. The highest BCUT2D eigenvalue weighted by molar-refractivity contribution is 5.97. The van der Waals surface area contributed by atoms with Gasteiger partial charge in [-0.15, -0.1) is 0 Å². The third kappa shape index (κ3) is 4.86. The third-order valence-electron chi connectivity index (χ3n) is 4.27. The lowest BCUT2D eigenvalue weighted by atomic mass is 10.2. The number of morpholine rings is 1. The van der Waals surface area contributed by atoms with Crippen LogP contribution in [0.25, 0.3) is 0 Å². The molecule has 1 unspecified atom stereocenters. The van der Waals surface area contributed by atoms with Crippen molar-refractivity contribution in [3.05, 3.63) is 60.2 Å². The van der Waals surface area contributed by atoms with Crippen molar-refractivity contribution in [1.82, 2.24) is 10.2 Å². The Kier molecular flexibility index (Phi) is 6.23. The van der Waals surface area contributed by atoms with E-state index in [1.165, 1.54) is 4.90 Å². The van der Waals surface area contributed by atoms with Gasteiger partial charge in [0.05, 0.1) is 19.8 Å². The largest absolute Gasteiger partial charge is 0.457 e. The van der Waals surface area contributed by atoms with Gasteiger partial charge in [0.15, 0.2) is 0 Å². The van der Waals surface area contributed by atoms with Gasteiger partial charge in [-0.25, -0.2) is 0 Å². The Balaban J connectivity index is 1.54.